The summed E-state index contributed by atoms with van der Waals surface area (Å²) in [7, 11) is 1.54. The van der Waals surface area contributed by atoms with Crippen LogP contribution >= 0.6 is 15.9 Å². The van der Waals surface area contributed by atoms with E-state index in [-0.39, 0.29) is 5.82 Å². The van der Waals surface area contributed by atoms with E-state index >= 15 is 0 Å². The highest BCUT2D eigenvalue weighted by atomic mass is 79.9. The van der Waals surface area contributed by atoms with Crippen molar-refractivity contribution in [3.63, 3.8) is 0 Å². The molecule has 14 heavy (non-hydrogen) atoms. The molecule has 0 aliphatic heterocycles. The number of halogens is 2. The summed E-state index contributed by atoms with van der Waals surface area (Å²) in [6.45, 7) is 0. The molecule has 0 amide bonds. The molecule has 0 atom stereocenters. The molecule has 1 aromatic carbocycles. The number of benzene rings is 1. The number of methoxy groups -OCH3 is 1. The standard InChI is InChI=1S/C10H9BrFNO/c1-14-10-3-6(12)2-9-8(10)4-7(5-11)13-9/h2-4,13H,5H2,1H3. The van der Waals surface area contributed by atoms with Gasteiger partial charge in [-0.25, -0.2) is 4.39 Å². The Morgan fingerprint density at radius 2 is 2.21 bits per heavy atom. The normalized spacial score (nSPS) is 10.8. The summed E-state index contributed by atoms with van der Waals surface area (Å²) < 4.78 is 18.2. The monoisotopic (exact) mass is 257 g/mol. The van der Waals surface area contributed by atoms with Crippen molar-refractivity contribution in [1.82, 2.24) is 4.98 Å². The van der Waals surface area contributed by atoms with E-state index in [1.165, 1.54) is 19.2 Å². The second-order valence-electron chi connectivity index (χ2n) is 3.00. The Kier molecular flexibility index (Phi) is 2.46. The van der Waals surface area contributed by atoms with Gasteiger partial charge in [0.05, 0.1) is 12.6 Å². The zero-order valence-electron chi connectivity index (χ0n) is 7.60. The van der Waals surface area contributed by atoms with Crippen LogP contribution in [0.4, 0.5) is 4.39 Å². The van der Waals surface area contributed by atoms with E-state index in [2.05, 4.69) is 20.9 Å². The minimum Gasteiger partial charge on any atom is -0.496 e. The van der Waals surface area contributed by atoms with Crippen LogP contribution in [-0.2, 0) is 5.33 Å². The Hall–Kier alpha value is -1.03. The van der Waals surface area contributed by atoms with Crippen molar-refractivity contribution in [3.05, 3.63) is 29.7 Å². The number of ether oxygens (including phenoxy) is 1. The van der Waals surface area contributed by atoms with Gasteiger partial charge in [-0.2, -0.15) is 0 Å². The highest BCUT2D eigenvalue weighted by Gasteiger charge is 2.07. The summed E-state index contributed by atoms with van der Waals surface area (Å²) in [6.07, 6.45) is 0. The molecule has 2 rings (SSSR count). The van der Waals surface area contributed by atoms with E-state index in [9.17, 15) is 4.39 Å². The number of aromatic amines is 1. The molecule has 1 heterocycles. The average Bonchev–Trinajstić information content (AvgIpc) is 2.59. The Bertz CT molecular complexity index is 466. The number of hydrogen-bond donors (Lipinski definition) is 1. The van der Waals surface area contributed by atoms with Crippen molar-refractivity contribution in [2.75, 3.05) is 7.11 Å². The summed E-state index contributed by atoms with van der Waals surface area (Å²) in [4.78, 5) is 3.09. The lowest BCUT2D eigenvalue weighted by Gasteiger charge is -2.00. The molecule has 4 heteroatoms. The number of rotatable bonds is 2. The van der Waals surface area contributed by atoms with E-state index in [0.717, 1.165) is 16.6 Å². The first-order valence-corrected chi connectivity index (χ1v) is 5.28. The average molecular weight is 258 g/mol. The summed E-state index contributed by atoms with van der Waals surface area (Å²) in [5.74, 6) is 0.265. The molecular formula is C10H9BrFNO. The van der Waals surface area contributed by atoms with Gasteiger partial charge in [-0.3, -0.25) is 0 Å². The highest BCUT2D eigenvalue weighted by molar-refractivity contribution is 9.08. The molecule has 0 aliphatic carbocycles. The van der Waals surface area contributed by atoms with Crippen molar-refractivity contribution in [1.29, 1.82) is 0 Å². The molecule has 0 radical (unpaired) electrons. The fraction of sp³-hybridized carbons (Fsp3) is 0.200. The quantitative estimate of drug-likeness (QED) is 0.822. The predicted molar refractivity (Wildman–Crippen MR) is 57.4 cm³/mol. The van der Waals surface area contributed by atoms with Crippen LogP contribution in [-0.4, -0.2) is 12.1 Å². The second kappa shape index (κ2) is 3.61. The van der Waals surface area contributed by atoms with Crippen LogP contribution in [0.5, 0.6) is 5.75 Å². The summed E-state index contributed by atoms with van der Waals surface area (Å²) in [5.41, 5.74) is 1.76. The van der Waals surface area contributed by atoms with Crippen molar-refractivity contribution in [2.24, 2.45) is 0 Å². The van der Waals surface area contributed by atoms with Gasteiger partial charge in [0.15, 0.2) is 0 Å². The predicted octanol–water partition coefficient (Wildman–Crippen LogP) is 3.21. The van der Waals surface area contributed by atoms with Gasteiger partial charge >= 0.3 is 0 Å². The van der Waals surface area contributed by atoms with E-state index in [1.54, 1.807) is 0 Å². The van der Waals surface area contributed by atoms with Crippen LogP contribution in [0, 0.1) is 5.82 Å². The topological polar surface area (TPSA) is 25.0 Å². The zero-order valence-corrected chi connectivity index (χ0v) is 9.19. The summed E-state index contributed by atoms with van der Waals surface area (Å²) >= 11 is 3.33. The lowest BCUT2D eigenvalue weighted by Crippen LogP contribution is -1.84. The van der Waals surface area contributed by atoms with E-state index in [0.29, 0.717) is 11.1 Å². The van der Waals surface area contributed by atoms with Crippen LogP contribution in [0.1, 0.15) is 5.69 Å². The zero-order chi connectivity index (χ0) is 10.1. The van der Waals surface area contributed by atoms with Gasteiger partial charge in [0.25, 0.3) is 0 Å². The maximum Gasteiger partial charge on any atom is 0.131 e. The molecule has 1 N–H and O–H groups in total. The van der Waals surface area contributed by atoms with Crippen LogP contribution in [0.25, 0.3) is 10.9 Å². The first kappa shape index (κ1) is 9.52. The largest absolute Gasteiger partial charge is 0.496 e. The lowest BCUT2D eigenvalue weighted by atomic mass is 10.2. The van der Waals surface area contributed by atoms with Crippen molar-refractivity contribution < 1.29 is 9.13 Å². The lowest BCUT2D eigenvalue weighted by molar-refractivity contribution is 0.416. The van der Waals surface area contributed by atoms with Crippen LogP contribution in [0.3, 0.4) is 0 Å². The maximum absolute atomic E-state index is 13.1. The van der Waals surface area contributed by atoms with Gasteiger partial charge in [0.2, 0.25) is 0 Å². The van der Waals surface area contributed by atoms with Crippen LogP contribution in [0.15, 0.2) is 18.2 Å². The van der Waals surface area contributed by atoms with Gasteiger partial charge in [-0.15, -0.1) is 0 Å². The number of hydrogen-bond acceptors (Lipinski definition) is 1. The van der Waals surface area contributed by atoms with E-state index in [4.69, 9.17) is 4.74 Å². The third-order valence-electron chi connectivity index (χ3n) is 2.08. The molecule has 0 saturated heterocycles. The third-order valence-corrected chi connectivity index (χ3v) is 2.69. The fourth-order valence-corrected chi connectivity index (χ4v) is 1.77. The third kappa shape index (κ3) is 1.50. The molecule has 0 bridgehead atoms. The molecule has 0 aliphatic rings. The van der Waals surface area contributed by atoms with Gasteiger partial charge in [0.1, 0.15) is 11.6 Å². The Balaban J connectivity index is 2.71. The Labute approximate surface area is 89.2 Å². The van der Waals surface area contributed by atoms with Gasteiger partial charge < -0.3 is 9.72 Å². The van der Waals surface area contributed by atoms with E-state index < -0.39 is 0 Å². The smallest absolute Gasteiger partial charge is 0.131 e. The number of aromatic nitrogens is 1. The van der Waals surface area contributed by atoms with Crippen molar-refractivity contribution >= 4 is 26.8 Å². The molecule has 2 aromatic rings. The first-order valence-electron chi connectivity index (χ1n) is 4.15. The molecular weight excluding hydrogens is 249 g/mol. The summed E-state index contributed by atoms with van der Waals surface area (Å²) in [6, 6.07) is 4.79. The molecule has 0 spiro atoms. The number of nitrogens with one attached hydrogen (secondary N) is 1. The molecule has 74 valence electrons. The number of H-pyrrole nitrogens is 1. The molecule has 1 aromatic heterocycles. The van der Waals surface area contributed by atoms with Crippen LogP contribution < -0.4 is 4.74 Å². The van der Waals surface area contributed by atoms with E-state index in [1.807, 2.05) is 6.07 Å². The van der Waals surface area contributed by atoms with Gasteiger partial charge in [-0.1, -0.05) is 15.9 Å². The minimum absolute atomic E-state index is 0.294. The minimum atomic E-state index is -0.294. The highest BCUT2D eigenvalue weighted by Crippen LogP contribution is 2.28. The van der Waals surface area contributed by atoms with Crippen molar-refractivity contribution in [3.8, 4) is 5.75 Å². The molecule has 0 fully saturated rings. The van der Waals surface area contributed by atoms with Crippen molar-refractivity contribution in [2.45, 2.75) is 5.33 Å². The number of alkyl halides is 1. The Morgan fingerprint density at radius 3 is 2.86 bits per heavy atom. The van der Waals surface area contributed by atoms with Crippen LogP contribution in [0.2, 0.25) is 0 Å². The first-order chi connectivity index (χ1) is 6.74. The second-order valence-corrected chi connectivity index (χ2v) is 3.56. The Morgan fingerprint density at radius 1 is 1.43 bits per heavy atom. The molecule has 2 nitrogen and oxygen atoms in total. The van der Waals surface area contributed by atoms with Gasteiger partial charge in [-0.05, 0) is 12.1 Å². The number of fused-ring (bicyclic) bond motifs is 1. The van der Waals surface area contributed by atoms with Gasteiger partial charge in [0, 0.05) is 22.5 Å². The maximum atomic E-state index is 13.1. The SMILES string of the molecule is COc1cc(F)cc2[nH]c(CBr)cc12. The fourth-order valence-electron chi connectivity index (χ4n) is 1.47. The summed E-state index contributed by atoms with van der Waals surface area (Å²) in [5, 5.41) is 1.62. The molecule has 0 unspecified atom stereocenters. The molecule has 0 saturated carbocycles.